The summed E-state index contributed by atoms with van der Waals surface area (Å²) in [6.45, 7) is 0. The first-order valence-corrected chi connectivity index (χ1v) is 7.65. The summed E-state index contributed by atoms with van der Waals surface area (Å²) in [6, 6.07) is 9.18. The predicted molar refractivity (Wildman–Crippen MR) is 56.1 cm³/mol. The van der Waals surface area contributed by atoms with Crippen molar-refractivity contribution in [2.75, 3.05) is 0 Å². The first kappa shape index (κ1) is 10.3. The zero-order chi connectivity index (χ0) is 11.1. The van der Waals surface area contributed by atoms with Crippen LogP contribution in [0, 0.1) is 0 Å². The molecule has 15 heavy (non-hydrogen) atoms. The van der Waals surface area contributed by atoms with Crippen LogP contribution in [0.4, 0.5) is 0 Å². The molecule has 0 atom stereocenters. The molecule has 2 rings (SSSR count). The third-order valence-electron chi connectivity index (χ3n) is 2.19. The molecule has 5 heteroatoms. The third kappa shape index (κ3) is 1.79. The molecule has 2 aromatic carbocycles. The monoisotopic (exact) mass is 268 g/mol. The number of fused-ring (bicyclic) bond motifs is 1. The number of phenolic OH excluding ortho intramolecular Hbond substituents is 1. The van der Waals surface area contributed by atoms with Gasteiger partial charge in [0.25, 0.3) is 0 Å². The molecule has 0 amide bonds. The Kier molecular flexibility index (Phi) is 2.35. The Hall–Kier alpha value is -1.22. The third-order valence-corrected chi connectivity index (χ3v) is 4.33. The molecule has 0 fully saturated rings. The van der Waals surface area contributed by atoms with E-state index in [1.165, 1.54) is 12.1 Å². The van der Waals surface area contributed by atoms with E-state index >= 15 is 0 Å². The van der Waals surface area contributed by atoms with Crippen LogP contribution in [0.1, 0.15) is 0 Å². The molecule has 0 spiro atoms. The summed E-state index contributed by atoms with van der Waals surface area (Å²) in [5.74, 6) is 0.0262. The Morgan fingerprint density at radius 1 is 0.933 bits per heavy atom. The molecule has 0 aliphatic heterocycles. The van der Waals surface area contributed by atoms with Gasteiger partial charge in [-0.1, -0.05) is 0 Å². The van der Waals surface area contributed by atoms with Crippen LogP contribution in [0.2, 0.25) is 0 Å². The average molecular weight is 268 g/mol. The average Bonchev–Trinajstić information content (AvgIpc) is 2.17. The van der Waals surface area contributed by atoms with Crippen LogP contribution in [0.15, 0.2) is 36.4 Å². The first-order chi connectivity index (χ1) is 7.00. The van der Waals surface area contributed by atoms with E-state index in [0.29, 0.717) is 10.8 Å². The Balaban J connectivity index is 2.90. The van der Waals surface area contributed by atoms with E-state index in [4.69, 9.17) is 8.19 Å². The van der Waals surface area contributed by atoms with E-state index < -0.39 is 14.2 Å². The molecule has 0 unspecified atom stereocenters. The van der Waals surface area contributed by atoms with E-state index in [9.17, 15) is 8.85 Å². The van der Waals surface area contributed by atoms with E-state index in [-0.39, 0.29) is 10.1 Å². The molecule has 78 valence electrons. The number of hydrogen-bond acceptors (Lipinski definition) is 2. The maximum atomic E-state index is 11.2. The predicted octanol–water partition coefficient (Wildman–Crippen LogP) is 0.106. The van der Waals surface area contributed by atoms with Crippen LogP contribution in [0.3, 0.4) is 0 Å². The van der Waals surface area contributed by atoms with Gasteiger partial charge in [0.1, 0.15) is 0 Å². The van der Waals surface area contributed by atoms with Crippen molar-refractivity contribution in [3.8, 4) is 5.75 Å². The minimum atomic E-state index is -4.92. The second kappa shape index (κ2) is 3.42. The molecule has 0 aliphatic carbocycles. The van der Waals surface area contributed by atoms with Crippen LogP contribution in [-0.4, -0.2) is 27.5 Å². The molecule has 0 radical (unpaired) electrons. The molecule has 2 aromatic rings. The van der Waals surface area contributed by atoms with E-state index in [0.717, 1.165) is 0 Å². The minimum absolute atomic E-state index is 0.00141. The van der Waals surface area contributed by atoms with Crippen molar-refractivity contribution < 1.29 is 17.0 Å². The van der Waals surface area contributed by atoms with Crippen LogP contribution in [-0.2, 0) is 3.74 Å². The zero-order valence-corrected chi connectivity index (χ0v) is 9.54. The molecule has 3 N–H and O–H groups in total. The molecular weight excluding hydrogens is 259 g/mol. The van der Waals surface area contributed by atoms with Gasteiger partial charge in [-0.25, -0.2) is 0 Å². The molecule has 0 saturated carbocycles. The molecule has 0 aliphatic rings. The summed E-state index contributed by atoms with van der Waals surface area (Å²) in [5, 5.41) is 10.4. The zero-order valence-electron chi connectivity index (χ0n) is 7.66. The van der Waals surface area contributed by atoms with Crippen molar-refractivity contribution >= 4 is 29.3 Å². The summed E-state index contributed by atoms with van der Waals surface area (Å²) < 4.78 is 29.6. The van der Waals surface area contributed by atoms with Crippen molar-refractivity contribution in [1.29, 1.82) is 0 Å². The van der Waals surface area contributed by atoms with Crippen molar-refractivity contribution in [1.82, 2.24) is 0 Å². The SMILES string of the molecule is O=[As](O)(O)c1ccc(O)c2ccccc12. The number of rotatable bonds is 1. The summed E-state index contributed by atoms with van der Waals surface area (Å²) in [7, 11) is 0. The quantitative estimate of drug-likeness (QED) is 0.641. The summed E-state index contributed by atoms with van der Waals surface area (Å²) in [5.41, 5.74) is 0. The van der Waals surface area contributed by atoms with Gasteiger partial charge in [-0.15, -0.1) is 0 Å². The Morgan fingerprint density at radius 3 is 2.13 bits per heavy atom. The fourth-order valence-corrected chi connectivity index (χ4v) is 3.15. The van der Waals surface area contributed by atoms with Crippen LogP contribution in [0.5, 0.6) is 5.75 Å². The fourth-order valence-electron chi connectivity index (χ4n) is 1.52. The fraction of sp³-hybridized carbons (Fsp3) is 0. The number of benzene rings is 2. The van der Waals surface area contributed by atoms with Gasteiger partial charge in [-0.3, -0.25) is 0 Å². The van der Waals surface area contributed by atoms with Gasteiger partial charge in [-0.05, 0) is 0 Å². The van der Waals surface area contributed by atoms with Crippen molar-refractivity contribution in [3.63, 3.8) is 0 Å². The standard InChI is InChI=1S/C10H9AsO4/c12-10-6-5-9(11(13,14)15)7-3-1-2-4-8(7)10/h1-6,12H,(H2,13,14,15). The Labute approximate surface area is 88.8 Å². The number of phenols is 1. The number of hydrogen-bond donors (Lipinski definition) is 3. The molecule has 0 aromatic heterocycles. The second-order valence-corrected chi connectivity index (χ2v) is 6.49. The van der Waals surface area contributed by atoms with Gasteiger partial charge < -0.3 is 0 Å². The van der Waals surface area contributed by atoms with Gasteiger partial charge in [0.15, 0.2) is 0 Å². The first-order valence-electron chi connectivity index (χ1n) is 4.27. The van der Waals surface area contributed by atoms with Gasteiger partial charge in [0.05, 0.1) is 0 Å². The van der Waals surface area contributed by atoms with Gasteiger partial charge in [0, 0.05) is 0 Å². The molecule has 0 bridgehead atoms. The van der Waals surface area contributed by atoms with Crippen LogP contribution < -0.4 is 4.35 Å². The van der Waals surface area contributed by atoms with Crippen LogP contribution >= 0.6 is 0 Å². The Bertz CT molecular complexity index is 558. The summed E-state index contributed by atoms with van der Waals surface area (Å²) >= 11 is -4.92. The normalized spacial score (nSPS) is 11.9. The van der Waals surface area contributed by atoms with Crippen LogP contribution in [0.25, 0.3) is 10.8 Å². The van der Waals surface area contributed by atoms with E-state index in [2.05, 4.69) is 0 Å². The van der Waals surface area contributed by atoms with Crippen molar-refractivity contribution in [2.45, 2.75) is 0 Å². The summed E-state index contributed by atoms with van der Waals surface area (Å²) in [4.78, 5) is 0. The Morgan fingerprint density at radius 2 is 1.53 bits per heavy atom. The van der Waals surface area contributed by atoms with Gasteiger partial charge >= 0.3 is 88.5 Å². The topological polar surface area (TPSA) is 77.8 Å². The molecular formula is C10H9AsO4. The molecule has 4 nitrogen and oxygen atoms in total. The van der Waals surface area contributed by atoms with Gasteiger partial charge in [-0.2, -0.15) is 0 Å². The van der Waals surface area contributed by atoms with Crippen molar-refractivity contribution in [2.24, 2.45) is 0 Å². The van der Waals surface area contributed by atoms with E-state index in [1.807, 2.05) is 0 Å². The van der Waals surface area contributed by atoms with Gasteiger partial charge in [0.2, 0.25) is 0 Å². The van der Waals surface area contributed by atoms with E-state index in [1.54, 1.807) is 24.3 Å². The van der Waals surface area contributed by atoms with Crippen molar-refractivity contribution in [3.05, 3.63) is 36.4 Å². The second-order valence-electron chi connectivity index (χ2n) is 3.19. The number of aromatic hydroxyl groups is 1. The summed E-state index contributed by atoms with van der Waals surface area (Å²) in [6.07, 6.45) is 0. The molecule has 0 heterocycles. The molecule has 0 saturated heterocycles. The maximum absolute atomic E-state index is 11.2.